The molecule has 3 rings (SSSR count). The van der Waals surface area contributed by atoms with Crippen molar-refractivity contribution < 1.29 is 14.4 Å². The molecule has 0 aliphatic carbocycles. The van der Waals surface area contributed by atoms with Crippen LogP contribution in [0.1, 0.15) is 16.9 Å². The second-order valence-corrected chi connectivity index (χ2v) is 4.71. The molecule has 0 saturated heterocycles. The first-order chi connectivity index (χ1) is 9.24. The van der Waals surface area contributed by atoms with Gasteiger partial charge in [0, 0.05) is 12.6 Å². The molecule has 1 aliphatic heterocycles. The van der Waals surface area contributed by atoms with Gasteiger partial charge >= 0.3 is 5.97 Å². The van der Waals surface area contributed by atoms with Crippen LogP contribution in [0.4, 0.5) is 0 Å². The lowest BCUT2D eigenvalue weighted by Gasteiger charge is -2.33. The van der Waals surface area contributed by atoms with E-state index in [0.29, 0.717) is 25.3 Å². The van der Waals surface area contributed by atoms with Crippen LogP contribution < -0.4 is 0 Å². The molecule has 1 N–H and O–H groups in total. The smallest absolute Gasteiger partial charge is 0.321 e. The molecule has 0 unspecified atom stereocenters. The van der Waals surface area contributed by atoms with Gasteiger partial charge in [-0.1, -0.05) is 29.4 Å². The quantitative estimate of drug-likeness (QED) is 0.907. The number of benzene rings is 1. The second kappa shape index (κ2) is 4.85. The number of hydrogen-bond acceptors (Lipinski definition) is 4. The topological polar surface area (TPSA) is 66.6 Å². The summed E-state index contributed by atoms with van der Waals surface area (Å²) in [7, 11) is 0. The minimum Gasteiger partial charge on any atom is -0.480 e. The molecule has 1 aromatic carbocycles. The van der Waals surface area contributed by atoms with Crippen LogP contribution in [0.15, 0.2) is 41.1 Å². The van der Waals surface area contributed by atoms with Crippen LogP contribution >= 0.6 is 0 Å². The lowest BCUT2D eigenvalue weighted by Crippen LogP contribution is -2.44. The maximum atomic E-state index is 11.4. The molecular formula is C14H14N2O3. The van der Waals surface area contributed by atoms with Crippen LogP contribution in [0.5, 0.6) is 0 Å². The van der Waals surface area contributed by atoms with E-state index in [4.69, 9.17) is 4.52 Å². The summed E-state index contributed by atoms with van der Waals surface area (Å²) in [6.07, 6.45) is 2.10. The number of carboxylic acids is 1. The zero-order valence-electron chi connectivity index (χ0n) is 10.3. The number of aromatic nitrogens is 1. The fourth-order valence-corrected chi connectivity index (χ4v) is 2.51. The van der Waals surface area contributed by atoms with Gasteiger partial charge in [-0.2, -0.15) is 0 Å². The van der Waals surface area contributed by atoms with Crippen molar-refractivity contribution >= 4 is 5.97 Å². The van der Waals surface area contributed by atoms with E-state index in [-0.39, 0.29) is 0 Å². The zero-order chi connectivity index (χ0) is 13.2. The number of aliphatic carboxylic acids is 1. The highest BCUT2D eigenvalue weighted by molar-refractivity contribution is 5.74. The maximum Gasteiger partial charge on any atom is 0.321 e. The Morgan fingerprint density at radius 2 is 2.16 bits per heavy atom. The first-order valence-corrected chi connectivity index (χ1v) is 6.17. The van der Waals surface area contributed by atoms with E-state index in [9.17, 15) is 9.90 Å². The average Bonchev–Trinajstić information content (AvgIpc) is 2.90. The van der Waals surface area contributed by atoms with Crippen molar-refractivity contribution in [2.75, 3.05) is 0 Å². The zero-order valence-corrected chi connectivity index (χ0v) is 10.3. The van der Waals surface area contributed by atoms with Gasteiger partial charge in [0.2, 0.25) is 0 Å². The predicted octanol–water partition coefficient (Wildman–Crippen LogP) is 1.69. The summed E-state index contributed by atoms with van der Waals surface area (Å²) in [5, 5.41) is 13.0. The number of fused-ring (bicyclic) bond motifs is 1. The molecule has 2 aromatic rings. The van der Waals surface area contributed by atoms with Crippen molar-refractivity contribution in [3.63, 3.8) is 0 Å². The number of nitrogens with zero attached hydrogens (tertiary/aromatic N) is 2. The Morgan fingerprint density at radius 1 is 1.37 bits per heavy atom. The molecule has 2 heterocycles. The minimum absolute atomic E-state index is 0.464. The Balaban J connectivity index is 1.87. The van der Waals surface area contributed by atoms with E-state index in [0.717, 1.165) is 5.56 Å². The van der Waals surface area contributed by atoms with Gasteiger partial charge in [0.1, 0.15) is 6.04 Å². The highest BCUT2D eigenvalue weighted by atomic mass is 16.5. The van der Waals surface area contributed by atoms with Crippen LogP contribution in [0.2, 0.25) is 0 Å². The molecule has 5 nitrogen and oxygen atoms in total. The molecule has 0 amide bonds. The van der Waals surface area contributed by atoms with Crippen LogP contribution in [0.25, 0.3) is 0 Å². The van der Waals surface area contributed by atoms with Crippen molar-refractivity contribution in [1.29, 1.82) is 0 Å². The lowest BCUT2D eigenvalue weighted by atomic mass is 9.94. The molecule has 19 heavy (non-hydrogen) atoms. The van der Waals surface area contributed by atoms with Gasteiger partial charge in [-0.15, -0.1) is 0 Å². The van der Waals surface area contributed by atoms with E-state index in [1.54, 1.807) is 12.3 Å². The van der Waals surface area contributed by atoms with E-state index in [1.807, 2.05) is 29.2 Å². The van der Waals surface area contributed by atoms with Crippen LogP contribution in [0.3, 0.4) is 0 Å². The largest absolute Gasteiger partial charge is 0.480 e. The van der Waals surface area contributed by atoms with Gasteiger partial charge in [-0.05, 0) is 17.5 Å². The van der Waals surface area contributed by atoms with Gasteiger partial charge in [-0.3, -0.25) is 9.69 Å². The fourth-order valence-electron chi connectivity index (χ4n) is 2.51. The molecule has 0 radical (unpaired) electrons. The molecule has 0 saturated carbocycles. The Labute approximate surface area is 110 Å². The van der Waals surface area contributed by atoms with Gasteiger partial charge in [0.05, 0.1) is 12.7 Å². The first kappa shape index (κ1) is 11.9. The van der Waals surface area contributed by atoms with Crippen molar-refractivity contribution in [2.24, 2.45) is 0 Å². The summed E-state index contributed by atoms with van der Waals surface area (Å²) < 4.78 is 5.07. The predicted molar refractivity (Wildman–Crippen MR) is 67.3 cm³/mol. The average molecular weight is 258 g/mol. The molecule has 98 valence electrons. The lowest BCUT2D eigenvalue weighted by molar-refractivity contribution is -0.144. The van der Waals surface area contributed by atoms with Gasteiger partial charge in [0.25, 0.3) is 0 Å². The van der Waals surface area contributed by atoms with Gasteiger partial charge < -0.3 is 9.63 Å². The van der Waals surface area contributed by atoms with E-state index in [1.165, 1.54) is 5.56 Å². The minimum atomic E-state index is -0.797. The summed E-state index contributed by atoms with van der Waals surface area (Å²) in [4.78, 5) is 13.3. The first-order valence-electron chi connectivity index (χ1n) is 6.17. The monoisotopic (exact) mass is 258 g/mol. The Morgan fingerprint density at radius 3 is 2.84 bits per heavy atom. The van der Waals surface area contributed by atoms with Crippen LogP contribution in [-0.4, -0.2) is 27.2 Å². The standard InChI is InChI=1S/C14H14N2O3/c17-14(18)13-7-10-3-1-2-4-11(10)8-16(13)9-12-5-6-15-19-12/h1-6,13H,7-9H2,(H,17,18)/t13-/m0/s1. The Kier molecular flexibility index (Phi) is 3.05. The number of carbonyl (C=O) groups is 1. The second-order valence-electron chi connectivity index (χ2n) is 4.71. The van der Waals surface area contributed by atoms with Crippen molar-refractivity contribution in [3.05, 3.63) is 53.4 Å². The number of carboxylic acid groups (broad SMARTS) is 1. The molecular weight excluding hydrogens is 244 g/mol. The molecule has 5 heteroatoms. The van der Waals surface area contributed by atoms with Crippen molar-refractivity contribution in [2.45, 2.75) is 25.6 Å². The molecule has 1 atom stereocenters. The van der Waals surface area contributed by atoms with Crippen LogP contribution in [0, 0.1) is 0 Å². The molecule has 1 aliphatic rings. The summed E-state index contributed by atoms with van der Waals surface area (Å²) in [5.74, 6) is -0.111. The maximum absolute atomic E-state index is 11.4. The highest BCUT2D eigenvalue weighted by Gasteiger charge is 2.31. The Hall–Kier alpha value is -2.14. The van der Waals surface area contributed by atoms with Crippen molar-refractivity contribution in [3.8, 4) is 0 Å². The van der Waals surface area contributed by atoms with E-state index < -0.39 is 12.0 Å². The van der Waals surface area contributed by atoms with E-state index >= 15 is 0 Å². The number of rotatable bonds is 3. The van der Waals surface area contributed by atoms with E-state index in [2.05, 4.69) is 5.16 Å². The molecule has 1 aromatic heterocycles. The summed E-state index contributed by atoms with van der Waals surface area (Å²) in [6.45, 7) is 1.08. The molecule has 0 fully saturated rings. The van der Waals surface area contributed by atoms with Gasteiger partial charge in [-0.25, -0.2) is 0 Å². The highest BCUT2D eigenvalue weighted by Crippen LogP contribution is 2.24. The van der Waals surface area contributed by atoms with Gasteiger partial charge in [0.15, 0.2) is 5.76 Å². The molecule has 0 bridgehead atoms. The normalized spacial score (nSPS) is 19.1. The number of hydrogen-bond donors (Lipinski definition) is 1. The SMILES string of the molecule is O=C(O)[C@@H]1Cc2ccccc2CN1Cc1ccno1. The van der Waals surface area contributed by atoms with Crippen LogP contribution in [-0.2, 0) is 24.3 Å². The summed E-state index contributed by atoms with van der Waals surface area (Å²) in [5.41, 5.74) is 2.29. The fraction of sp³-hybridized carbons (Fsp3) is 0.286. The third-order valence-electron chi connectivity index (χ3n) is 3.48. The summed E-state index contributed by atoms with van der Waals surface area (Å²) in [6, 6.07) is 9.22. The third kappa shape index (κ3) is 2.37. The van der Waals surface area contributed by atoms with Crippen molar-refractivity contribution in [1.82, 2.24) is 10.1 Å². The summed E-state index contributed by atoms with van der Waals surface area (Å²) >= 11 is 0. The molecule has 0 spiro atoms. The third-order valence-corrected chi connectivity index (χ3v) is 3.48. The Bertz CT molecular complexity index is 580.